The van der Waals surface area contributed by atoms with E-state index in [2.05, 4.69) is 5.32 Å². The van der Waals surface area contributed by atoms with Crippen LogP contribution >= 0.6 is 11.6 Å². The summed E-state index contributed by atoms with van der Waals surface area (Å²) in [4.78, 5) is 26.8. The molecule has 28 heavy (non-hydrogen) atoms. The molecule has 1 atom stereocenters. The van der Waals surface area contributed by atoms with Gasteiger partial charge in [-0.05, 0) is 68.1 Å². The Morgan fingerprint density at radius 1 is 1.18 bits per heavy atom. The number of amides is 2. The second-order valence-corrected chi connectivity index (χ2v) is 7.75. The molecule has 0 aromatic heterocycles. The number of carbonyl (C=O) groups excluding carboxylic acids is 2. The highest BCUT2D eigenvalue weighted by molar-refractivity contribution is 6.30. The lowest BCUT2D eigenvalue weighted by Crippen LogP contribution is -2.45. The number of piperidine rings is 1. The normalized spacial score (nSPS) is 15.9. The Hall–Kier alpha value is -2.40. The summed E-state index contributed by atoms with van der Waals surface area (Å²) in [6.07, 6.45) is 1.97. The fourth-order valence-electron chi connectivity index (χ4n) is 3.55. The molecular weight excluding hydrogens is 379 g/mol. The van der Waals surface area contributed by atoms with Gasteiger partial charge in [0.1, 0.15) is 5.82 Å². The van der Waals surface area contributed by atoms with E-state index in [1.54, 1.807) is 4.90 Å². The summed E-state index contributed by atoms with van der Waals surface area (Å²) in [5.41, 5.74) is 1.56. The van der Waals surface area contributed by atoms with Crippen LogP contribution in [0.4, 0.5) is 4.39 Å². The topological polar surface area (TPSA) is 49.4 Å². The van der Waals surface area contributed by atoms with Gasteiger partial charge in [0.05, 0.1) is 0 Å². The summed E-state index contributed by atoms with van der Waals surface area (Å²) in [5, 5.41) is 3.76. The number of rotatable bonds is 5. The fourth-order valence-corrected chi connectivity index (χ4v) is 3.76. The van der Waals surface area contributed by atoms with Gasteiger partial charge in [-0.15, -0.1) is 0 Å². The standard InChI is InChI=1S/C22H24ClFN2O2/c1-15(13-16-3-2-4-19(23)14-16)25-21(27)17-9-11-26(12-10-17)22(28)18-5-7-20(24)8-6-18/h2-8,14-15,17H,9-13H2,1H3,(H,25,27)/t15-/m0/s1. The highest BCUT2D eigenvalue weighted by Gasteiger charge is 2.28. The number of likely N-dealkylation sites (tertiary alicyclic amines) is 1. The lowest BCUT2D eigenvalue weighted by molar-refractivity contribution is -0.126. The molecule has 1 aliphatic rings. The van der Waals surface area contributed by atoms with Gasteiger partial charge in [-0.2, -0.15) is 0 Å². The van der Waals surface area contributed by atoms with E-state index in [0.717, 1.165) is 5.56 Å². The number of benzene rings is 2. The Morgan fingerprint density at radius 2 is 1.86 bits per heavy atom. The number of hydrogen-bond donors (Lipinski definition) is 1. The minimum Gasteiger partial charge on any atom is -0.353 e. The predicted molar refractivity (Wildman–Crippen MR) is 108 cm³/mol. The van der Waals surface area contributed by atoms with Crippen molar-refractivity contribution in [2.45, 2.75) is 32.2 Å². The van der Waals surface area contributed by atoms with E-state index in [1.807, 2.05) is 31.2 Å². The Balaban J connectivity index is 1.48. The first-order valence-electron chi connectivity index (χ1n) is 9.52. The first kappa shape index (κ1) is 20.3. The molecule has 6 heteroatoms. The van der Waals surface area contributed by atoms with Gasteiger partial charge in [0.15, 0.2) is 0 Å². The van der Waals surface area contributed by atoms with Crippen molar-refractivity contribution in [1.82, 2.24) is 10.2 Å². The van der Waals surface area contributed by atoms with Crippen LogP contribution in [0.3, 0.4) is 0 Å². The number of halogens is 2. The fraction of sp³-hybridized carbons (Fsp3) is 0.364. The smallest absolute Gasteiger partial charge is 0.253 e. The summed E-state index contributed by atoms with van der Waals surface area (Å²) >= 11 is 6.01. The minimum absolute atomic E-state index is 0.00448. The van der Waals surface area contributed by atoms with Crippen molar-refractivity contribution in [3.8, 4) is 0 Å². The van der Waals surface area contributed by atoms with Crippen LogP contribution in [0, 0.1) is 11.7 Å². The SMILES string of the molecule is C[C@@H](Cc1cccc(Cl)c1)NC(=O)C1CCN(C(=O)c2ccc(F)cc2)CC1. The molecule has 1 saturated heterocycles. The first-order valence-corrected chi connectivity index (χ1v) is 9.90. The van der Waals surface area contributed by atoms with Crippen molar-refractivity contribution in [3.05, 3.63) is 70.5 Å². The monoisotopic (exact) mass is 402 g/mol. The molecule has 0 unspecified atom stereocenters. The number of nitrogens with one attached hydrogen (secondary N) is 1. The van der Waals surface area contributed by atoms with Gasteiger partial charge in [-0.3, -0.25) is 9.59 Å². The van der Waals surface area contributed by atoms with Crippen LogP contribution in [-0.4, -0.2) is 35.8 Å². The molecule has 0 aliphatic carbocycles. The molecule has 148 valence electrons. The van der Waals surface area contributed by atoms with Crippen LogP contribution in [0.1, 0.15) is 35.7 Å². The maximum Gasteiger partial charge on any atom is 0.253 e. The molecule has 4 nitrogen and oxygen atoms in total. The second-order valence-electron chi connectivity index (χ2n) is 7.32. The van der Waals surface area contributed by atoms with E-state index < -0.39 is 0 Å². The molecule has 1 fully saturated rings. The second kappa shape index (κ2) is 9.20. The van der Waals surface area contributed by atoms with Crippen molar-refractivity contribution in [3.63, 3.8) is 0 Å². The molecule has 0 radical (unpaired) electrons. The van der Waals surface area contributed by atoms with Crippen LogP contribution in [0.2, 0.25) is 5.02 Å². The summed E-state index contributed by atoms with van der Waals surface area (Å²) in [5.74, 6) is -0.547. The predicted octanol–water partition coefficient (Wildman–Crippen LogP) is 4.08. The molecule has 0 bridgehead atoms. The molecule has 1 aliphatic heterocycles. The van der Waals surface area contributed by atoms with Crippen molar-refractivity contribution < 1.29 is 14.0 Å². The lowest BCUT2D eigenvalue weighted by Gasteiger charge is -2.32. The quantitative estimate of drug-likeness (QED) is 0.819. The molecular formula is C22H24ClFN2O2. The maximum atomic E-state index is 13.0. The first-order chi connectivity index (χ1) is 13.4. The summed E-state index contributed by atoms with van der Waals surface area (Å²) in [7, 11) is 0. The Labute approximate surface area is 169 Å². The minimum atomic E-state index is -0.362. The third-order valence-electron chi connectivity index (χ3n) is 5.06. The third kappa shape index (κ3) is 5.32. The molecule has 0 saturated carbocycles. The Bertz CT molecular complexity index is 833. The van der Waals surface area contributed by atoms with E-state index in [1.165, 1.54) is 24.3 Å². The van der Waals surface area contributed by atoms with E-state index in [9.17, 15) is 14.0 Å². The number of carbonyl (C=O) groups is 2. The third-order valence-corrected chi connectivity index (χ3v) is 5.30. The summed E-state index contributed by atoms with van der Waals surface area (Å²) in [6.45, 7) is 3.03. The van der Waals surface area contributed by atoms with Gasteiger partial charge < -0.3 is 10.2 Å². The zero-order valence-electron chi connectivity index (χ0n) is 15.8. The molecule has 2 aromatic carbocycles. The summed E-state index contributed by atoms with van der Waals surface area (Å²) in [6, 6.07) is 13.2. The maximum absolute atomic E-state index is 13.0. The molecule has 3 rings (SSSR count). The van der Waals surface area contributed by atoms with Crippen LogP contribution in [0.15, 0.2) is 48.5 Å². The van der Waals surface area contributed by atoms with Gasteiger partial charge in [-0.1, -0.05) is 23.7 Å². The van der Waals surface area contributed by atoms with Gasteiger partial charge in [0, 0.05) is 35.6 Å². The lowest BCUT2D eigenvalue weighted by atomic mass is 9.94. The average molecular weight is 403 g/mol. The Morgan fingerprint density at radius 3 is 2.50 bits per heavy atom. The van der Waals surface area contributed by atoms with E-state index in [4.69, 9.17) is 11.6 Å². The van der Waals surface area contributed by atoms with Gasteiger partial charge in [-0.25, -0.2) is 4.39 Å². The van der Waals surface area contributed by atoms with Crippen molar-refractivity contribution >= 4 is 23.4 Å². The van der Waals surface area contributed by atoms with Crippen molar-refractivity contribution in [2.75, 3.05) is 13.1 Å². The Kier molecular flexibility index (Phi) is 6.68. The van der Waals surface area contributed by atoms with Crippen molar-refractivity contribution in [2.24, 2.45) is 5.92 Å². The van der Waals surface area contributed by atoms with Crippen molar-refractivity contribution in [1.29, 1.82) is 0 Å². The highest BCUT2D eigenvalue weighted by Crippen LogP contribution is 2.20. The van der Waals surface area contributed by atoms with Gasteiger partial charge in [0.25, 0.3) is 5.91 Å². The van der Waals surface area contributed by atoms with E-state index in [-0.39, 0.29) is 29.6 Å². The molecule has 2 aromatic rings. The van der Waals surface area contributed by atoms with Crippen LogP contribution < -0.4 is 5.32 Å². The highest BCUT2D eigenvalue weighted by atomic mass is 35.5. The van der Waals surface area contributed by atoms with Crippen LogP contribution in [-0.2, 0) is 11.2 Å². The van der Waals surface area contributed by atoms with Gasteiger partial charge >= 0.3 is 0 Å². The van der Waals surface area contributed by atoms with Crippen LogP contribution in [0.25, 0.3) is 0 Å². The van der Waals surface area contributed by atoms with E-state index >= 15 is 0 Å². The number of nitrogens with zero attached hydrogens (tertiary/aromatic N) is 1. The summed E-state index contributed by atoms with van der Waals surface area (Å²) < 4.78 is 13.0. The van der Waals surface area contributed by atoms with Gasteiger partial charge in [0.2, 0.25) is 5.91 Å². The largest absolute Gasteiger partial charge is 0.353 e. The molecule has 1 heterocycles. The number of hydrogen-bond acceptors (Lipinski definition) is 2. The zero-order valence-corrected chi connectivity index (χ0v) is 16.6. The molecule has 0 spiro atoms. The van der Waals surface area contributed by atoms with E-state index in [0.29, 0.717) is 42.9 Å². The molecule has 1 N–H and O–H groups in total. The molecule has 2 amide bonds. The zero-order chi connectivity index (χ0) is 20.1. The van der Waals surface area contributed by atoms with Crippen LogP contribution in [0.5, 0.6) is 0 Å². The average Bonchev–Trinajstić information content (AvgIpc) is 2.68.